The number of carbonyl (C=O) groups excluding carboxylic acids is 1. The second kappa shape index (κ2) is 6.41. The van der Waals surface area contributed by atoms with Crippen molar-refractivity contribution in [2.45, 2.75) is 6.54 Å². The van der Waals surface area contributed by atoms with E-state index < -0.39 is 17.5 Å². The molecular weight excluding hydrogens is 294 g/mol. The smallest absolute Gasteiger partial charge is 0.251 e. The van der Waals surface area contributed by atoms with Gasteiger partial charge in [-0.3, -0.25) is 4.79 Å². The van der Waals surface area contributed by atoms with Gasteiger partial charge in [0, 0.05) is 17.7 Å². The molecule has 0 aliphatic carbocycles. The van der Waals surface area contributed by atoms with Crippen molar-refractivity contribution in [3.63, 3.8) is 0 Å². The van der Waals surface area contributed by atoms with Gasteiger partial charge in [-0.05, 0) is 23.8 Å². The molecule has 0 unspecified atom stereocenters. The van der Waals surface area contributed by atoms with E-state index in [0.717, 1.165) is 23.3 Å². The van der Waals surface area contributed by atoms with E-state index in [0.29, 0.717) is 4.99 Å². The van der Waals surface area contributed by atoms with Gasteiger partial charge in [-0.2, -0.15) is 0 Å². The highest BCUT2D eigenvalue weighted by atomic mass is 32.1. The molecule has 0 atom stereocenters. The Labute approximate surface area is 125 Å². The third-order valence-corrected chi connectivity index (χ3v) is 3.11. The summed E-state index contributed by atoms with van der Waals surface area (Å²) in [5, 5.41) is 2.62. The van der Waals surface area contributed by atoms with Gasteiger partial charge in [0.2, 0.25) is 0 Å². The van der Waals surface area contributed by atoms with E-state index >= 15 is 0 Å². The molecule has 3 N–H and O–H groups in total. The highest BCUT2D eigenvalue weighted by molar-refractivity contribution is 7.80. The van der Waals surface area contributed by atoms with Crippen LogP contribution in [0.15, 0.2) is 42.5 Å². The number of halogens is 2. The largest absolute Gasteiger partial charge is 0.389 e. The first-order chi connectivity index (χ1) is 9.97. The summed E-state index contributed by atoms with van der Waals surface area (Å²) in [4.78, 5) is 12.1. The summed E-state index contributed by atoms with van der Waals surface area (Å²) in [5.41, 5.74) is 7.12. The normalized spacial score (nSPS) is 10.2. The molecule has 2 rings (SSSR count). The number of hydrogen-bond donors (Lipinski definition) is 2. The zero-order valence-corrected chi connectivity index (χ0v) is 11.7. The predicted molar refractivity (Wildman–Crippen MR) is 79.9 cm³/mol. The van der Waals surface area contributed by atoms with Gasteiger partial charge in [-0.25, -0.2) is 8.78 Å². The lowest BCUT2D eigenvalue weighted by Crippen LogP contribution is -2.23. The molecule has 6 heteroatoms. The number of nitrogens with one attached hydrogen (secondary N) is 1. The molecule has 0 aliphatic rings. The average Bonchev–Trinajstić information content (AvgIpc) is 2.48. The second-order valence-corrected chi connectivity index (χ2v) is 4.81. The van der Waals surface area contributed by atoms with E-state index in [1.807, 2.05) is 0 Å². The van der Waals surface area contributed by atoms with Crippen LogP contribution in [-0.2, 0) is 6.54 Å². The minimum absolute atomic E-state index is 0.0636. The van der Waals surface area contributed by atoms with Crippen molar-refractivity contribution in [2.24, 2.45) is 5.73 Å². The van der Waals surface area contributed by atoms with Crippen LogP contribution in [0.2, 0.25) is 0 Å². The molecule has 0 spiro atoms. The summed E-state index contributed by atoms with van der Waals surface area (Å²) < 4.78 is 25.8. The van der Waals surface area contributed by atoms with Crippen LogP contribution < -0.4 is 11.1 Å². The minimum atomic E-state index is -1.05. The monoisotopic (exact) mass is 306 g/mol. The molecule has 0 saturated heterocycles. The van der Waals surface area contributed by atoms with Crippen LogP contribution in [0, 0.1) is 11.6 Å². The number of thiocarbonyl (C=S) groups is 1. The Bertz CT molecular complexity index is 687. The predicted octanol–water partition coefficient (Wildman–Crippen LogP) is 2.53. The maximum absolute atomic E-state index is 13.0. The van der Waals surface area contributed by atoms with E-state index in [2.05, 4.69) is 5.32 Å². The molecule has 0 heterocycles. The van der Waals surface area contributed by atoms with E-state index in [9.17, 15) is 13.6 Å². The SMILES string of the molecule is NC(=S)c1ccc(CNC(=O)c2ccc(F)c(F)c2)cc1. The van der Waals surface area contributed by atoms with Gasteiger partial charge >= 0.3 is 0 Å². The molecular formula is C15H12F2N2OS. The lowest BCUT2D eigenvalue weighted by atomic mass is 10.1. The number of rotatable bonds is 4. The van der Waals surface area contributed by atoms with Gasteiger partial charge in [0.15, 0.2) is 11.6 Å². The number of hydrogen-bond acceptors (Lipinski definition) is 2. The van der Waals surface area contributed by atoms with Gasteiger partial charge in [0.25, 0.3) is 5.91 Å². The highest BCUT2D eigenvalue weighted by Gasteiger charge is 2.09. The van der Waals surface area contributed by atoms with Crippen molar-refractivity contribution in [1.82, 2.24) is 5.32 Å². The number of amides is 1. The number of nitrogens with two attached hydrogens (primary N) is 1. The summed E-state index contributed by atoms with van der Waals surface area (Å²) in [6.07, 6.45) is 0. The lowest BCUT2D eigenvalue weighted by Gasteiger charge is -2.06. The first-order valence-electron chi connectivity index (χ1n) is 6.09. The fourth-order valence-corrected chi connectivity index (χ4v) is 1.84. The molecule has 21 heavy (non-hydrogen) atoms. The number of carbonyl (C=O) groups is 1. The molecule has 0 radical (unpaired) electrons. The average molecular weight is 306 g/mol. The zero-order chi connectivity index (χ0) is 15.4. The van der Waals surface area contributed by atoms with Crippen LogP contribution in [0.1, 0.15) is 21.5 Å². The van der Waals surface area contributed by atoms with Gasteiger partial charge in [0.05, 0.1) is 0 Å². The Morgan fingerprint density at radius 3 is 2.24 bits per heavy atom. The highest BCUT2D eigenvalue weighted by Crippen LogP contribution is 2.09. The molecule has 108 valence electrons. The molecule has 0 saturated carbocycles. The molecule has 3 nitrogen and oxygen atoms in total. The van der Waals surface area contributed by atoms with Crippen molar-refractivity contribution in [3.8, 4) is 0 Å². The van der Waals surface area contributed by atoms with Crippen LogP contribution in [0.4, 0.5) is 8.78 Å². The molecule has 1 amide bonds. The first-order valence-corrected chi connectivity index (χ1v) is 6.50. The van der Waals surface area contributed by atoms with Gasteiger partial charge < -0.3 is 11.1 Å². The summed E-state index contributed by atoms with van der Waals surface area (Å²) in [6.45, 7) is 0.259. The molecule has 2 aromatic rings. The summed E-state index contributed by atoms with van der Waals surface area (Å²) in [7, 11) is 0. The topological polar surface area (TPSA) is 55.1 Å². The third kappa shape index (κ3) is 3.82. The Morgan fingerprint density at radius 1 is 1.05 bits per heavy atom. The zero-order valence-electron chi connectivity index (χ0n) is 10.9. The number of benzene rings is 2. The van der Waals surface area contributed by atoms with Crippen LogP contribution in [0.3, 0.4) is 0 Å². The maximum atomic E-state index is 13.0. The Morgan fingerprint density at radius 2 is 1.67 bits per heavy atom. The van der Waals surface area contributed by atoms with Crippen molar-refractivity contribution in [3.05, 3.63) is 70.8 Å². The van der Waals surface area contributed by atoms with Gasteiger partial charge in [-0.1, -0.05) is 36.5 Å². The van der Waals surface area contributed by atoms with Crippen LogP contribution in [-0.4, -0.2) is 10.9 Å². The quantitative estimate of drug-likeness (QED) is 0.854. The van der Waals surface area contributed by atoms with E-state index in [4.69, 9.17) is 18.0 Å². The molecule has 0 bridgehead atoms. The van der Waals surface area contributed by atoms with E-state index in [1.54, 1.807) is 24.3 Å². The minimum Gasteiger partial charge on any atom is -0.389 e. The summed E-state index contributed by atoms with van der Waals surface area (Å²) >= 11 is 4.84. The van der Waals surface area contributed by atoms with Crippen molar-refractivity contribution in [2.75, 3.05) is 0 Å². The van der Waals surface area contributed by atoms with Crippen LogP contribution in [0.25, 0.3) is 0 Å². The Kier molecular flexibility index (Phi) is 4.59. The lowest BCUT2D eigenvalue weighted by molar-refractivity contribution is 0.0950. The molecule has 0 fully saturated rings. The Hall–Kier alpha value is -2.34. The molecule has 0 aromatic heterocycles. The molecule has 2 aromatic carbocycles. The second-order valence-electron chi connectivity index (χ2n) is 4.37. The summed E-state index contributed by atoms with van der Waals surface area (Å²) in [5.74, 6) is -2.52. The fraction of sp³-hybridized carbons (Fsp3) is 0.0667. The summed E-state index contributed by atoms with van der Waals surface area (Å²) in [6, 6.07) is 10.1. The van der Waals surface area contributed by atoms with Crippen LogP contribution in [0.5, 0.6) is 0 Å². The maximum Gasteiger partial charge on any atom is 0.251 e. The first kappa shape index (κ1) is 15.1. The van der Waals surface area contributed by atoms with Gasteiger partial charge in [0.1, 0.15) is 4.99 Å². The van der Waals surface area contributed by atoms with Crippen molar-refractivity contribution in [1.29, 1.82) is 0 Å². The molecule has 0 aliphatic heterocycles. The standard InChI is InChI=1S/C15H12F2N2OS/c16-12-6-5-11(7-13(12)17)15(20)19-8-9-1-3-10(4-2-9)14(18)21/h1-7H,8H2,(H2,18,21)(H,19,20). The van der Waals surface area contributed by atoms with Crippen molar-refractivity contribution < 1.29 is 13.6 Å². The van der Waals surface area contributed by atoms with Gasteiger partial charge in [-0.15, -0.1) is 0 Å². The van der Waals surface area contributed by atoms with Crippen molar-refractivity contribution >= 4 is 23.1 Å². The fourth-order valence-electron chi connectivity index (χ4n) is 1.71. The van der Waals surface area contributed by atoms with Crippen LogP contribution >= 0.6 is 12.2 Å². The van der Waals surface area contributed by atoms with E-state index in [-0.39, 0.29) is 12.1 Å². The third-order valence-electron chi connectivity index (χ3n) is 2.87. The van der Waals surface area contributed by atoms with E-state index in [1.165, 1.54) is 6.07 Å². The Balaban J connectivity index is 2.00.